The maximum absolute atomic E-state index is 5.43. The highest BCUT2D eigenvalue weighted by molar-refractivity contribution is 5.92. The Hall–Kier alpha value is -2.60. The summed E-state index contributed by atoms with van der Waals surface area (Å²) >= 11 is 0. The Morgan fingerprint density at radius 3 is 2.65 bits per heavy atom. The fourth-order valence-corrected chi connectivity index (χ4v) is 2.93. The number of aromatic amines is 1. The molecule has 4 rings (SSSR count). The topological polar surface area (TPSA) is 66.1 Å². The lowest BCUT2D eigenvalue weighted by Gasteiger charge is -2.27. The third-order valence-electron chi connectivity index (χ3n) is 4.20. The first-order valence-electron chi connectivity index (χ1n) is 7.80. The summed E-state index contributed by atoms with van der Waals surface area (Å²) in [5.41, 5.74) is 4.15. The number of nitrogens with zero attached hydrogens (tertiary/aromatic N) is 3. The van der Waals surface area contributed by atoms with E-state index in [9.17, 15) is 0 Å². The van der Waals surface area contributed by atoms with Crippen molar-refractivity contribution in [2.75, 3.05) is 43.6 Å². The van der Waals surface area contributed by atoms with Crippen LogP contribution in [0, 0.1) is 0 Å². The number of H-pyrrole nitrogens is 1. The van der Waals surface area contributed by atoms with Crippen LogP contribution in [0.2, 0.25) is 0 Å². The van der Waals surface area contributed by atoms with Crippen LogP contribution in [0.3, 0.4) is 0 Å². The van der Waals surface area contributed by atoms with Crippen LogP contribution in [0.25, 0.3) is 22.3 Å². The highest BCUT2D eigenvalue weighted by Gasteiger charge is 2.17. The average molecular weight is 309 g/mol. The minimum absolute atomic E-state index is 0.744. The second-order valence-corrected chi connectivity index (χ2v) is 5.57. The van der Waals surface area contributed by atoms with E-state index in [0.717, 1.165) is 60.1 Å². The molecule has 1 aliphatic heterocycles. The summed E-state index contributed by atoms with van der Waals surface area (Å²) in [6, 6.07) is 10.5. The predicted octanol–water partition coefficient (Wildman–Crippen LogP) is 2.50. The van der Waals surface area contributed by atoms with Gasteiger partial charge in [0.25, 0.3) is 0 Å². The maximum atomic E-state index is 5.43. The molecule has 2 N–H and O–H groups in total. The minimum atomic E-state index is 0.744. The Morgan fingerprint density at radius 1 is 1.13 bits per heavy atom. The summed E-state index contributed by atoms with van der Waals surface area (Å²) in [4.78, 5) is 14.5. The molecule has 1 aromatic carbocycles. The number of nitrogens with one attached hydrogen (secondary N) is 2. The van der Waals surface area contributed by atoms with E-state index in [4.69, 9.17) is 4.74 Å². The molecule has 2 aromatic heterocycles. The number of aromatic nitrogens is 3. The van der Waals surface area contributed by atoms with Gasteiger partial charge in [0, 0.05) is 31.5 Å². The van der Waals surface area contributed by atoms with Gasteiger partial charge in [0.2, 0.25) is 0 Å². The lowest BCUT2D eigenvalue weighted by Crippen LogP contribution is -2.36. The van der Waals surface area contributed by atoms with E-state index in [1.165, 1.54) is 0 Å². The van der Waals surface area contributed by atoms with Gasteiger partial charge in [-0.1, -0.05) is 12.1 Å². The zero-order valence-corrected chi connectivity index (χ0v) is 13.0. The highest BCUT2D eigenvalue weighted by atomic mass is 16.5. The van der Waals surface area contributed by atoms with Crippen molar-refractivity contribution in [1.82, 2.24) is 15.0 Å². The smallest absolute Gasteiger partial charge is 0.143 e. The number of benzene rings is 1. The molecule has 0 unspecified atom stereocenters. The summed E-state index contributed by atoms with van der Waals surface area (Å²) in [5, 5.41) is 4.19. The van der Waals surface area contributed by atoms with E-state index in [1.54, 1.807) is 6.33 Å². The second kappa shape index (κ2) is 5.89. The number of fused-ring (bicyclic) bond motifs is 1. The fraction of sp³-hybridized carbons (Fsp3) is 0.294. The van der Waals surface area contributed by atoms with Crippen molar-refractivity contribution in [1.29, 1.82) is 0 Å². The van der Waals surface area contributed by atoms with Crippen molar-refractivity contribution in [3.63, 3.8) is 0 Å². The molecule has 1 fully saturated rings. The molecule has 0 aliphatic carbocycles. The molecule has 3 heterocycles. The summed E-state index contributed by atoms with van der Waals surface area (Å²) < 4.78 is 5.43. The Bertz CT molecular complexity index is 805. The van der Waals surface area contributed by atoms with Gasteiger partial charge >= 0.3 is 0 Å². The predicted molar refractivity (Wildman–Crippen MR) is 91.9 cm³/mol. The van der Waals surface area contributed by atoms with Crippen LogP contribution >= 0.6 is 0 Å². The number of rotatable bonds is 3. The molecule has 23 heavy (non-hydrogen) atoms. The molecule has 0 bridgehead atoms. The summed E-state index contributed by atoms with van der Waals surface area (Å²) in [7, 11) is 1.92. The molecule has 0 atom stereocenters. The SMILES string of the molecule is CNc1ccc(-c2cc3c(N4CCOCC4)ncnc3[nH]2)cc1. The van der Waals surface area contributed by atoms with Gasteiger partial charge in [-0.3, -0.25) is 0 Å². The Balaban J connectivity index is 1.74. The molecule has 3 aromatic rings. The van der Waals surface area contributed by atoms with Crippen LogP contribution < -0.4 is 10.2 Å². The van der Waals surface area contributed by atoms with E-state index in [2.05, 4.69) is 55.5 Å². The standard InChI is InChI=1S/C17H19N5O/c1-18-13-4-2-12(3-5-13)15-10-14-16(21-15)19-11-20-17(14)22-6-8-23-9-7-22/h2-5,10-11,18H,6-9H2,1H3,(H,19,20,21). The van der Waals surface area contributed by atoms with Gasteiger partial charge in [-0.15, -0.1) is 0 Å². The molecule has 0 spiro atoms. The summed E-state index contributed by atoms with van der Waals surface area (Å²) in [6.45, 7) is 3.22. The first-order chi connectivity index (χ1) is 11.3. The zero-order valence-electron chi connectivity index (χ0n) is 13.0. The van der Waals surface area contributed by atoms with Crippen LogP contribution in [-0.4, -0.2) is 48.3 Å². The first-order valence-corrected chi connectivity index (χ1v) is 7.80. The second-order valence-electron chi connectivity index (χ2n) is 5.57. The van der Waals surface area contributed by atoms with Gasteiger partial charge < -0.3 is 19.9 Å². The van der Waals surface area contributed by atoms with E-state index >= 15 is 0 Å². The van der Waals surface area contributed by atoms with Crippen molar-refractivity contribution in [2.45, 2.75) is 0 Å². The fourth-order valence-electron chi connectivity index (χ4n) is 2.93. The van der Waals surface area contributed by atoms with Gasteiger partial charge in [-0.05, 0) is 23.8 Å². The molecule has 0 radical (unpaired) electrons. The zero-order chi connectivity index (χ0) is 15.6. The van der Waals surface area contributed by atoms with Crippen LogP contribution in [0.5, 0.6) is 0 Å². The summed E-state index contributed by atoms with van der Waals surface area (Å²) in [6.07, 6.45) is 1.62. The average Bonchev–Trinajstić information content (AvgIpc) is 3.06. The maximum Gasteiger partial charge on any atom is 0.143 e. The Kier molecular flexibility index (Phi) is 3.59. The van der Waals surface area contributed by atoms with Gasteiger partial charge in [0.05, 0.1) is 18.6 Å². The van der Waals surface area contributed by atoms with E-state index in [0.29, 0.717) is 0 Å². The van der Waals surface area contributed by atoms with E-state index < -0.39 is 0 Å². The molecule has 1 aliphatic rings. The molecular weight excluding hydrogens is 290 g/mol. The van der Waals surface area contributed by atoms with Gasteiger partial charge in [0.1, 0.15) is 17.8 Å². The molecule has 118 valence electrons. The Labute approximate surface area is 134 Å². The van der Waals surface area contributed by atoms with Crippen LogP contribution in [0.4, 0.5) is 11.5 Å². The van der Waals surface area contributed by atoms with E-state index in [1.807, 2.05) is 7.05 Å². The molecular formula is C17H19N5O. The van der Waals surface area contributed by atoms with Crippen molar-refractivity contribution in [3.8, 4) is 11.3 Å². The van der Waals surface area contributed by atoms with Crippen LogP contribution in [0.1, 0.15) is 0 Å². The quantitative estimate of drug-likeness (QED) is 0.778. The van der Waals surface area contributed by atoms with Crippen molar-refractivity contribution >= 4 is 22.5 Å². The number of ether oxygens (including phenoxy) is 1. The largest absolute Gasteiger partial charge is 0.388 e. The molecule has 6 nitrogen and oxygen atoms in total. The lowest BCUT2D eigenvalue weighted by molar-refractivity contribution is 0.122. The number of anilines is 2. The van der Waals surface area contributed by atoms with Gasteiger partial charge in [-0.25, -0.2) is 9.97 Å². The lowest BCUT2D eigenvalue weighted by atomic mass is 10.1. The van der Waals surface area contributed by atoms with Gasteiger partial charge in [-0.2, -0.15) is 0 Å². The number of morpholine rings is 1. The molecule has 0 amide bonds. The van der Waals surface area contributed by atoms with Crippen LogP contribution in [0.15, 0.2) is 36.7 Å². The van der Waals surface area contributed by atoms with Crippen molar-refractivity contribution in [3.05, 3.63) is 36.7 Å². The third kappa shape index (κ3) is 2.61. The molecule has 1 saturated heterocycles. The number of hydrogen-bond acceptors (Lipinski definition) is 5. The van der Waals surface area contributed by atoms with Crippen LogP contribution in [-0.2, 0) is 4.74 Å². The third-order valence-corrected chi connectivity index (χ3v) is 4.20. The highest BCUT2D eigenvalue weighted by Crippen LogP contribution is 2.29. The van der Waals surface area contributed by atoms with E-state index in [-0.39, 0.29) is 0 Å². The normalized spacial score (nSPS) is 15.1. The Morgan fingerprint density at radius 2 is 1.91 bits per heavy atom. The molecule has 6 heteroatoms. The number of hydrogen-bond donors (Lipinski definition) is 2. The van der Waals surface area contributed by atoms with Gasteiger partial charge in [0.15, 0.2) is 0 Å². The van der Waals surface area contributed by atoms with Crippen molar-refractivity contribution < 1.29 is 4.74 Å². The van der Waals surface area contributed by atoms with Crippen molar-refractivity contribution in [2.24, 2.45) is 0 Å². The monoisotopic (exact) mass is 309 g/mol. The first kappa shape index (κ1) is 14.0. The molecule has 0 saturated carbocycles. The summed E-state index contributed by atoms with van der Waals surface area (Å²) in [5.74, 6) is 0.979. The minimum Gasteiger partial charge on any atom is -0.388 e.